The molecular weight excluding hydrogens is 1010 g/mol. The second-order valence-electron chi connectivity index (χ2n) is 30.5. The number of hydrogen-bond acceptors (Lipinski definition) is 7. The predicted octanol–water partition coefficient (Wildman–Crippen LogP) is 16.1. The molecule has 4 aromatic carbocycles. The van der Waals surface area contributed by atoms with Crippen molar-refractivity contribution in [3.8, 4) is 0 Å². The summed E-state index contributed by atoms with van der Waals surface area (Å²) in [5, 5.41) is 44.3. The highest BCUT2D eigenvalue weighted by Crippen LogP contribution is 2.83. The number of ether oxygens (including phenoxy) is 2. The Labute approximate surface area is 490 Å². The van der Waals surface area contributed by atoms with Gasteiger partial charge >= 0.3 is 11.9 Å². The number of cyclic esters (lactones) is 1. The number of aryl methyl sites for hydroxylation is 1. The van der Waals surface area contributed by atoms with Crippen LogP contribution in [0.2, 0.25) is 0 Å². The zero-order chi connectivity index (χ0) is 56.4. The Morgan fingerprint density at radius 3 is 2.33 bits per heavy atom. The van der Waals surface area contributed by atoms with Gasteiger partial charge in [0.15, 0.2) is 0 Å². The summed E-state index contributed by atoms with van der Waals surface area (Å²) in [6, 6.07) is 35.1. The number of rotatable bonds is 14. The molecule has 438 valence electrons. The Bertz CT molecular complexity index is 3090. The molecule has 0 radical (unpaired) electrons. The van der Waals surface area contributed by atoms with Gasteiger partial charge in [-0.1, -0.05) is 144 Å². The van der Waals surface area contributed by atoms with Crippen LogP contribution >= 0.6 is 0 Å². The zero-order valence-electron chi connectivity index (χ0n) is 50.2. The molecule has 9 aliphatic carbocycles. The smallest absolute Gasteiger partial charge is 0.331 e. The Balaban J connectivity index is 0.890. The van der Waals surface area contributed by atoms with E-state index >= 15 is 0 Å². The van der Waals surface area contributed by atoms with Crippen LogP contribution in [-0.2, 0) is 30.9 Å². The van der Waals surface area contributed by atoms with Crippen LogP contribution < -0.4 is 0 Å². The molecule has 0 amide bonds. The Morgan fingerprint density at radius 1 is 0.780 bits per heavy atom. The Hall–Kier alpha value is -4.30. The summed E-state index contributed by atoms with van der Waals surface area (Å²) in [5.41, 5.74) is 6.27. The molecular formula is C75H96O7. The molecule has 7 nitrogen and oxygen atoms in total. The summed E-state index contributed by atoms with van der Waals surface area (Å²) < 4.78 is 12.2. The largest absolute Gasteiger partial charge is 0.462 e. The lowest BCUT2D eigenvalue weighted by molar-refractivity contribution is -0.327. The van der Waals surface area contributed by atoms with Gasteiger partial charge in [-0.3, -0.25) is 4.79 Å². The number of aliphatic hydroxyl groups is 3. The van der Waals surface area contributed by atoms with E-state index in [-0.39, 0.29) is 47.1 Å². The molecule has 3 N–H and O–H groups in total. The number of hydrogen-bond donors (Lipinski definition) is 3. The van der Waals surface area contributed by atoms with Crippen molar-refractivity contribution in [1.29, 1.82) is 0 Å². The molecule has 4 aromatic rings. The molecule has 3 spiro atoms. The third-order valence-electron chi connectivity index (χ3n) is 26.9. The molecule has 82 heavy (non-hydrogen) atoms. The van der Waals surface area contributed by atoms with E-state index < -0.39 is 46.6 Å². The van der Waals surface area contributed by atoms with Crippen molar-refractivity contribution < 1.29 is 34.4 Å². The van der Waals surface area contributed by atoms with Gasteiger partial charge in [-0.25, -0.2) is 4.79 Å². The van der Waals surface area contributed by atoms with Gasteiger partial charge in [0.1, 0.15) is 12.7 Å². The van der Waals surface area contributed by atoms with Gasteiger partial charge in [-0.2, -0.15) is 0 Å². The number of benzene rings is 4. The fourth-order valence-corrected chi connectivity index (χ4v) is 23.7. The quantitative estimate of drug-likeness (QED) is 0.108. The van der Waals surface area contributed by atoms with Gasteiger partial charge in [0.2, 0.25) is 0 Å². The van der Waals surface area contributed by atoms with Crippen molar-refractivity contribution in [2.24, 2.45) is 56.7 Å². The Kier molecular flexibility index (Phi) is 14.0. The summed E-state index contributed by atoms with van der Waals surface area (Å²) in [7, 11) is 0. The number of carbonyl (C=O) groups is 2. The van der Waals surface area contributed by atoms with Gasteiger partial charge in [0, 0.05) is 24.3 Å². The summed E-state index contributed by atoms with van der Waals surface area (Å²) in [6.07, 6.45) is 26.1. The van der Waals surface area contributed by atoms with Gasteiger partial charge in [-0.05, 0) is 242 Å². The maximum Gasteiger partial charge on any atom is 0.331 e. The van der Waals surface area contributed by atoms with E-state index in [1.54, 1.807) is 33.7 Å². The molecule has 7 heteroatoms. The molecule has 0 bridgehead atoms. The first kappa shape index (κ1) is 55.6. The minimum absolute atomic E-state index is 0.0947. The van der Waals surface area contributed by atoms with E-state index in [9.17, 15) is 24.9 Å². The van der Waals surface area contributed by atoms with Crippen molar-refractivity contribution in [3.05, 3.63) is 130 Å². The topological polar surface area (TPSA) is 113 Å². The molecule has 10 aliphatic rings. The van der Waals surface area contributed by atoms with E-state index in [0.29, 0.717) is 60.7 Å². The Morgan fingerprint density at radius 2 is 1.56 bits per heavy atom. The van der Waals surface area contributed by atoms with Crippen LogP contribution in [0.4, 0.5) is 0 Å². The van der Waals surface area contributed by atoms with Crippen molar-refractivity contribution in [2.45, 2.75) is 242 Å². The minimum Gasteiger partial charge on any atom is -0.462 e. The second kappa shape index (κ2) is 20.7. The molecule has 0 aromatic heterocycles. The molecule has 0 saturated heterocycles. The summed E-state index contributed by atoms with van der Waals surface area (Å²) in [4.78, 5) is 26.3. The van der Waals surface area contributed by atoms with Crippen LogP contribution in [0.5, 0.6) is 0 Å². The van der Waals surface area contributed by atoms with Gasteiger partial charge in [0.25, 0.3) is 0 Å². The van der Waals surface area contributed by atoms with Crippen molar-refractivity contribution in [2.75, 3.05) is 6.61 Å². The van der Waals surface area contributed by atoms with Crippen LogP contribution in [0.25, 0.3) is 10.8 Å². The first-order valence-corrected chi connectivity index (χ1v) is 33.4. The summed E-state index contributed by atoms with van der Waals surface area (Å²) in [5.74, 6) is 0.787. The predicted molar refractivity (Wildman–Crippen MR) is 324 cm³/mol. The van der Waals surface area contributed by atoms with Crippen molar-refractivity contribution in [1.82, 2.24) is 0 Å². The van der Waals surface area contributed by atoms with Crippen LogP contribution in [0, 0.1) is 56.7 Å². The van der Waals surface area contributed by atoms with Gasteiger partial charge in [0.05, 0.1) is 23.2 Å². The van der Waals surface area contributed by atoms with Crippen LogP contribution in [0.3, 0.4) is 0 Å². The number of aliphatic hydroxyl groups excluding tert-OH is 2. The maximum atomic E-state index is 14.3. The first-order valence-electron chi connectivity index (χ1n) is 33.4. The average Bonchev–Trinajstić information content (AvgIpc) is 1.48. The molecule has 7 fully saturated rings. The number of carbonyl (C=O) groups excluding carboxylic acids is 2. The fourth-order valence-electron chi connectivity index (χ4n) is 23.7. The lowest BCUT2D eigenvalue weighted by Gasteiger charge is -2.70. The minimum atomic E-state index is -1.55. The third kappa shape index (κ3) is 8.37. The second-order valence-corrected chi connectivity index (χ2v) is 30.5. The summed E-state index contributed by atoms with van der Waals surface area (Å²) >= 11 is 0. The van der Waals surface area contributed by atoms with Gasteiger partial charge < -0.3 is 24.8 Å². The van der Waals surface area contributed by atoms with E-state index in [1.807, 2.05) is 0 Å². The van der Waals surface area contributed by atoms with Gasteiger partial charge in [-0.15, -0.1) is 0 Å². The normalized spacial score (nSPS) is 40.2. The molecule has 1 aliphatic heterocycles. The summed E-state index contributed by atoms with van der Waals surface area (Å²) in [6.45, 7) is 8.54. The molecule has 17 atom stereocenters. The zero-order valence-corrected chi connectivity index (χ0v) is 50.2. The van der Waals surface area contributed by atoms with Crippen LogP contribution in [-0.4, -0.2) is 57.8 Å². The fraction of sp³-hybridized carbons (Fsp3) is 0.653. The van der Waals surface area contributed by atoms with Crippen molar-refractivity contribution in [3.63, 3.8) is 0 Å². The highest BCUT2D eigenvalue weighted by molar-refractivity contribution is 5.93. The van der Waals surface area contributed by atoms with E-state index in [4.69, 9.17) is 9.47 Å². The molecule has 1 heterocycles. The van der Waals surface area contributed by atoms with E-state index in [0.717, 1.165) is 56.9 Å². The molecule has 14 rings (SSSR count). The van der Waals surface area contributed by atoms with E-state index in [2.05, 4.69) is 112 Å². The highest BCUT2D eigenvalue weighted by atomic mass is 16.5. The third-order valence-corrected chi connectivity index (χ3v) is 26.9. The SMILES string of the molecule is CC(=O)OC1CC(C)C(O)(CCC2=CC(=O)OC2)C2(C(O)CCC(C)CCCc3ccccc3)C(O)CCC(C)(C3CCC45CC6(CCC7(CCCC7)C6)C6CC7(c8ccccc8)CCCCC7c7ccc8cccc(c8c7C64)C5C3)C12. The lowest BCUT2D eigenvalue weighted by atomic mass is 9.36. The molecule has 17 unspecified atom stereocenters. The average molecular weight is 1110 g/mol. The van der Waals surface area contributed by atoms with Crippen LogP contribution in [0.15, 0.2) is 103 Å². The maximum absolute atomic E-state index is 14.3. The van der Waals surface area contributed by atoms with Crippen LogP contribution in [0.1, 0.15) is 234 Å². The van der Waals surface area contributed by atoms with Crippen molar-refractivity contribution >= 4 is 22.7 Å². The molecule has 7 saturated carbocycles. The first-order chi connectivity index (χ1) is 39.6. The number of fused-ring (bicyclic) bond motifs is 5. The number of esters is 2. The highest BCUT2D eigenvalue weighted by Gasteiger charge is 2.77. The monoisotopic (exact) mass is 1110 g/mol. The lowest BCUT2D eigenvalue weighted by Crippen LogP contribution is -2.77. The standard InChI is InChI=1S/C75H96O7/c1-48(17-15-20-51-18-7-5-8-19-51)26-29-62(77)75-63(78)32-36-69(4,68(75)61(82-50(3)76)41-49(2)74(75,80)38-30-52-42-64(79)81-45-52)55-31-37-73-47-71(40-39-70(46-71)33-13-14-34-70)60-44-72(54-22-9-6-10-23-54)35-12-11-25-58(72)57-28-27-53-21-16-24-56(59(73)43-55)65(53)66(57)67(60)73/h5-10,16,18-19,21-24,27-28,42,48-49,55,58-63,67-68,77-78,80H,11-15,17,20,25-26,29-41,43-47H2,1-4H3. The van der Waals surface area contributed by atoms with E-state index in [1.165, 1.54) is 101 Å².